The number of nitrogens with two attached hydrogens (primary N) is 1. The second kappa shape index (κ2) is 7.89. The Labute approximate surface area is 122 Å². The molecule has 3 nitrogen and oxygen atoms in total. The third-order valence-corrected chi connectivity index (χ3v) is 3.07. The molecule has 6 heteroatoms. The van der Waals surface area contributed by atoms with Crippen molar-refractivity contribution in [3.8, 4) is 0 Å². The van der Waals surface area contributed by atoms with Crippen LogP contribution in [0.3, 0.4) is 0 Å². The molecule has 0 aliphatic heterocycles. The molecule has 1 aromatic rings. The minimum absolute atomic E-state index is 0.128. The number of carbonyl (C=O) groups excluding carboxylic acids is 1. The van der Waals surface area contributed by atoms with E-state index in [2.05, 4.69) is 0 Å². The Bertz CT molecular complexity index is 494. The van der Waals surface area contributed by atoms with Gasteiger partial charge in [0.15, 0.2) is 11.6 Å². The van der Waals surface area contributed by atoms with E-state index in [1.807, 2.05) is 6.92 Å². The standard InChI is InChI=1S/C14H18F2N2OS/c1-2-3-7-18(8-6-13(17)20)14(19)10-4-5-11(15)12(16)9-10/h4-5,9H,2-3,6-8H2,1H3,(H2,17,20). The van der Waals surface area contributed by atoms with Crippen LogP contribution >= 0.6 is 12.2 Å². The highest BCUT2D eigenvalue weighted by molar-refractivity contribution is 7.80. The van der Waals surface area contributed by atoms with Gasteiger partial charge in [0.05, 0.1) is 4.99 Å². The summed E-state index contributed by atoms with van der Waals surface area (Å²) in [6, 6.07) is 3.14. The molecular formula is C14H18F2N2OS. The first-order valence-corrected chi connectivity index (χ1v) is 6.89. The highest BCUT2D eigenvalue weighted by Crippen LogP contribution is 2.12. The van der Waals surface area contributed by atoms with E-state index in [9.17, 15) is 13.6 Å². The lowest BCUT2D eigenvalue weighted by molar-refractivity contribution is 0.0757. The molecule has 0 fully saturated rings. The lowest BCUT2D eigenvalue weighted by Gasteiger charge is -2.22. The van der Waals surface area contributed by atoms with Crippen LogP contribution in [0.2, 0.25) is 0 Å². The summed E-state index contributed by atoms with van der Waals surface area (Å²) in [5, 5.41) is 0. The van der Waals surface area contributed by atoms with Gasteiger partial charge in [-0.1, -0.05) is 25.6 Å². The summed E-state index contributed by atoms with van der Waals surface area (Å²) < 4.78 is 26.1. The minimum atomic E-state index is -1.03. The normalized spacial score (nSPS) is 10.3. The number of hydrogen-bond acceptors (Lipinski definition) is 2. The molecule has 0 bridgehead atoms. The van der Waals surface area contributed by atoms with Gasteiger partial charge in [0.2, 0.25) is 0 Å². The number of nitrogens with zero attached hydrogens (tertiary/aromatic N) is 1. The van der Waals surface area contributed by atoms with Crippen LogP contribution < -0.4 is 5.73 Å². The van der Waals surface area contributed by atoms with Gasteiger partial charge in [0.1, 0.15) is 0 Å². The molecule has 0 heterocycles. The summed E-state index contributed by atoms with van der Waals surface area (Å²) in [6.45, 7) is 2.93. The van der Waals surface area contributed by atoms with Crippen LogP contribution in [0, 0.1) is 11.6 Å². The Morgan fingerprint density at radius 1 is 1.30 bits per heavy atom. The molecule has 1 amide bonds. The van der Waals surface area contributed by atoms with E-state index in [4.69, 9.17) is 18.0 Å². The van der Waals surface area contributed by atoms with E-state index in [0.717, 1.165) is 25.0 Å². The van der Waals surface area contributed by atoms with E-state index in [0.29, 0.717) is 24.5 Å². The SMILES string of the molecule is CCCCN(CCC(N)=S)C(=O)c1ccc(F)c(F)c1. The number of carbonyl (C=O) groups is 1. The summed E-state index contributed by atoms with van der Waals surface area (Å²) in [5.74, 6) is -2.33. The van der Waals surface area contributed by atoms with Gasteiger partial charge in [-0.15, -0.1) is 0 Å². The zero-order valence-electron chi connectivity index (χ0n) is 11.4. The fourth-order valence-corrected chi connectivity index (χ4v) is 1.81. The van der Waals surface area contributed by atoms with E-state index < -0.39 is 11.6 Å². The third-order valence-electron chi connectivity index (χ3n) is 2.86. The molecule has 0 aliphatic rings. The van der Waals surface area contributed by atoms with E-state index in [1.54, 1.807) is 4.90 Å². The zero-order chi connectivity index (χ0) is 15.1. The average Bonchev–Trinajstić information content (AvgIpc) is 2.41. The Balaban J connectivity index is 2.84. The fraction of sp³-hybridized carbons (Fsp3) is 0.429. The monoisotopic (exact) mass is 300 g/mol. The molecule has 0 aliphatic carbocycles. The maximum Gasteiger partial charge on any atom is 0.253 e. The molecule has 110 valence electrons. The van der Waals surface area contributed by atoms with Gasteiger partial charge in [-0.3, -0.25) is 4.79 Å². The fourth-order valence-electron chi connectivity index (χ4n) is 1.72. The summed E-state index contributed by atoms with van der Waals surface area (Å²) in [7, 11) is 0. The van der Waals surface area contributed by atoms with Crippen LogP contribution in [-0.2, 0) is 0 Å². The molecule has 1 aromatic carbocycles. The average molecular weight is 300 g/mol. The smallest absolute Gasteiger partial charge is 0.253 e. The van der Waals surface area contributed by atoms with Crippen molar-refractivity contribution in [1.82, 2.24) is 4.90 Å². The molecular weight excluding hydrogens is 282 g/mol. The van der Waals surface area contributed by atoms with Crippen LogP contribution in [-0.4, -0.2) is 28.9 Å². The van der Waals surface area contributed by atoms with Crippen molar-refractivity contribution in [1.29, 1.82) is 0 Å². The second-order valence-electron chi connectivity index (χ2n) is 4.49. The number of halogens is 2. The maximum atomic E-state index is 13.2. The van der Waals surface area contributed by atoms with Crippen LogP contribution in [0.4, 0.5) is 8.78 Å². The number of amides is 1. The minimum Gasteiger partial charge on any atom is -0.393 e. The Kier molecular flexibility index (Phi) is 6.51. The number of unbranched alkanes of at least 4 members (excludes halogenated alkanes) is 1. The van der Waals surface area contributed by atoms with Crippen molar-refractivity contribution in [3.63, 3.8) is 0 Å². The first kappa shape index (κ1) is 16.5. The van der Waals surface area contributed by atoms with Crippen LogP contribution in [0.5, 0.6) is 0 Å². The molecule has 1 rings (SSSR count). The van der Waals surface area contributed by atoms with Crippen molar-refractivity contribution >= 4 is 23.1 Å². The Morgan fingerprint density at radius 2 is 2.00 bits per heavy atom. The molecule has 0 aromatic heterocycles. The van der Waals surface area contributed by atoms with Crippen molar-refractivity contribution in [2.75, 3.05) is 13.1 Å². The number of hydrogen-bond donors (Lipinski definition) is 1. The van der Waals surface area contributed by atoms with Crippen molar-refractivity contribution in [2.45, 2.75) is 26.2 Å². The molecule has 0 atom stereocenters. The summed E-state index contributed by atoms with van der Waals surface area (Å²) in [4.78, 5) is 14.2. The first-order valence-electron chi connectivity index (χ1n) is 6.48. The lowest BCUT2D eigenvalue weighted by Crippen LogP contribution is -2.34. The predicted octanol–water partition coefficient (Wildman–Crippen LogP) is 2.88. The van der Waals surface area contributed by atoms with Gasteiger partial charge >= 0.3 is 0 Å². The highest BCUT2D eigenvalue weighted by atomic mass is 32.1. The zero-order valence-corrected chi connectivity index (χ0v) is 12.2. The summed E-state index contributed by atoms with van der Waals surface area (Å²) in [6.07, 6.45) is 2.16. The Hall–Kier alpha value is -1.56. The van der Waals surface area contributed by atoms with Crippen LogP contribution in [0.15, 0.2) is 18.2 Å². The second-order valence-corrected chi connectivity index (χ2v) is 5.02. The van der Waals surface area contributed by atoms with Gasteiger partial charge in [-0.2, -0.15) is 0 Å². The molecule has 20 heavy (non-hydrogen) atoms. The maximum absolute atomic E-state index is 13.2. The Morgan fingerprint density at radius 3 is 2.55 bits per heavy atom. The lowest BCUT2D eigenvalue weighted by atomic mass is 10.1. The molecule has 2 N–H and O–H groups in total. The van der Waals surface area contributed by atoms with Crippen molar-refractivity contribution in [2.24, 2.45) is 5.73 Å². The largest absolute Gasteiger partial charge is 0.393 e. The van der Waals surface area contributed by atoms with Gasteiger partial charge < -0.3 is 10.6 Å². The number of rotatable bonds is 7. The van der Waals surface area contributed by atoms with Crippen LogP contribution in [0.1, 0.15) is 36.5 Å². The third kappa shape index (κ3) is 4.85. The van der Waals surface area contributed by atoms with E-state index in [1.165, 1.54) is 6.07 Å². The molecule has 0 spiro atoms. The quantitative estimate of drug-likeness (QED) is 0.788. The van der Waals surface area contributed by atoms with Crippen LogP contribution in [0.25, 0.3) is 0 Å². The number of benzene rings is 1. The van der Waals surface area contributed by atoms with E-state index in [-0.39, 0.29) is 11.5 Å². The first-order chi connectivity index (χ1) is 9.45. The topological polar surface area (TPSA) is 46.3 Å². The van der Waals surface area contributed by atoms with Crippen molar-refractivity contribution < 1.29 is 13.6 Å². The highest BCUT2D eigenvalue weighted by Gasteiger charge is 2.17. The molecule has 0 unspecified atom stereocenters. The van der Waals surface area contributed by atoms with Gasteiger partial charge in [0.25, 0.3) is 5.91 Å². The van der Waals surface area contributed by atoms with Gasteiger partial charge in [-0.25, -0.2) is 8.78 Å². The molecule has 0 radical (unpaired) electrons. The summed E-state index contributed by atoms with van der Waals surface area (Å²) in [5.41, 5.74) is 5.56. The van der Waals surface area contributed by atoms with Gasteiger partial charge in [-0.05, 0) is 24.6 Å². The molecule has 0 saturated carbocycles. The summed E-state index contributed by atoms with van der Waals surface area (Å²) >= 11 is 4.80. The van der Waals surface area contributed by atoms with E-state index >= 15 is 0 Å². The number of thiocarbonyl (C=S) groups is 1. The van der Waals surface area contributed by atoms with Crippen molar-refractivity contribution in [3.05, 3.63) is 35.4 Å². The predicted molar refractivity (Wildman–Crippen MR) is 78.6 cm³/mol. The molecule has 0 saturated heterocycles. The van der Waals surface area contributed by atoms with Gasteiger partial charge in [0, 0.05) is 25.1 Å².